The normalized spacial score (nSPS) is 28.7. The van der Waals surface area contributed by atoms with E-state index in [9.17, 15) is 9.59 Å². The molecule has 0 saturated carbocycles. The van der Waals surface area contributed by atoms with Gasteiger partial charge < -0.3 is 18.9 Å². The van der Waals surface area contributed by atoms with E-state index in [1.54, 1.807) is 36.0 Å². The summed E-state index contributed by atoms with van der Waals surface area (Å²) in [6.07, 6.45) is -2.20. The van der Waals surface area contributed by atoms with Gasteiger partial charge in [-0.05, 0) is 23.4 Å². The fourth-order valence-electron chi connectivity index (χ4n) is 5.35. The highest BCUT2D eigenvalue weighted by molar-refractivity contribution is 7.99. The average Bonchev–Trinajstić information content (AvgIpc) is 3.22. The third-order valence-electron chi connectivity index (χ3n) is 7.12. The first kappa shape index (κ1) is 25.3. The molecule has 0 N–H and O–H groups in total. The number of nitrogens with zero attached hydrogens (tertiary/aromatic N) is 1. The molecule has 6 atom stereocenters. The molecule has 3 heterocycles. The van der Waals surface area contributed by atoms with Crippen molar-refractivity contribution in [3.05, 3.63) is 107 Å². The summed E-state index contributed by atoms with van der Waals surface area (Å²) in [4.78, 5) is 28.6. The van der Waals surface area contributed by atoms with Crippen LogP contribution in [0.1, 0.15) is 45.1 Å². The molecule has 2 saturated heterocycles. The summed E-state index contributed by atoms with van der Waals surface area (Å²) in [6.45, 7) is 2.64. The van der Waals surface area contributed by atoms with Crippen LogP contribution in [0.4, 0.5) is 0 Å². The van der Waals surface area contributed by atoms with Crippen molar-refractivity contribution < 1.29 is 28.5 Å². The van der Waals surface area contributed by atoms with E-state index >= 15 is 0 Å². The highest BCUT2D eigenvalue weighted by Gasteiger charge is 2.56. The van der Waals surface area contributed by atoms with Gasteiger partial charge in [0.2, 0.25) is 0 Å². The second kappa shape index (κ2) is 11.0. The molecule has 0 bridgehead atoms. The van der Waals surface area contributed by atoms with Gasteiger partial charge >= 0.3 is 0 Å². The van der Waals surface area contributed by atoms with Crippen LogP contribution in [0.25, 0.3) is 0 Å². The number of hydrogen-bond donors (Lipinski definition) is 0. The summed E-state index contributed by atoms with van der Waals surface area (Å²) in [7, 11) is 0. The van der Waals surface area contributed by atoms with Crippen LogP contribution in [-0.2, 0) is 25.6 Å². The minimum Gasteiger partial charge on any atom is -0.368 e. The van der Waals surface area contributed by atoms with Crippen molar-refractivity contribution in [2.45, 2.75) is 49.6 Å². The summed E-state index contributed by atoms with van der Waals surface area (Å²) >= 11 is 1.55. The van der Waals surface area contributed by atoms with Gasteiger partial charge in [0.1, 0.15) is 29.8 Å². The predicted molar refractivity (Wildman–Crippen MR) is 143 cm³/mol. The lowest BCUT2D eigenvalue weighted by atomic mass is 9.95. The van der Waals surface area contributed by atoms with E-state index in [1.807, 2.05) is 67.6 Å². The Kier molecular flexibility index (Phi) is 7.32. The second-order valence-corrected chi connectivity index (χ2v) is 10.8. The van der Waals surface area contributed by atoms with Crippen molar-refractivity contribution in [2.75, 3.05) is 12.4 Å². The largest absolute Gasteiger partial charge is 0.368 e. The van der Waals surface area contributed by atoms with E-state index < -0.39 is 36.1 Å². The lowest BCUT2D eigenvalue weighted by Crippen LogP contribution is -2.67. The van der Waals surface area contributed by atoms with Crippen LogP contribution in [-0.4, -0.2) is 58.9 Å². The zero-order chi connectivity index (χ0) is 26.1. The molecule has 3 aliphatic rings. The van der Waals surface area contributed by atoms with Crippen LogP contribution >= 0.6 is 11.8 Å². The van der Waals surface area contributed by atoms with Crippen molar-refractivity contribution >= 4 is 23.6 Å². The highest BCUT2D eigenvalue weighted by Crippen LogP contribution is 2.42. The SMILES string of the molecule is CCS[C@@H]1O[C@@H]2COC(c3ccccc3)O[C@H]2[C@H](OCc2ccccc2)[C@H]1N1C(=O)c2ccccc2C1=O. The van der Waals surface area contributed by atoms with Gasteiger partial charge in [0, 0.05) is 5.56 Å². The first-order valence-electron chi connectivity index (χ1n) is 12.9. The van der Waals surface area contributed by atoms with Crippen LogP contribution in [0.2, 0.25) is 0 Å². The van der Waals surface area contributed by atoms with Crippen LogP contribution in [0.15, 0.2) is 84.9 Å². The van der Waals surface area contributed by atoms with Crippen molar-refractivity contribution in [3.8, 4) is 0 Å². The van der Waals surface area contributed by atoms with Crippen LogP contribution in [0.3, 0.4) is 0 Å². The summed E-state index contributed by atoms with van der Waals surface area (Å²) in [5.41, 5.74) is 2.18. The Morgan fingerprint density at radius 3 is 2.16 bits per heavy atom. The van der Waals surface area contributed by atoms with Gasteiger partial charge in [-0.3, -0.25) is 14.5 Å². The number of ether oxygens (including phenoxy) is 4. The van der Waals surface area contributed by atoms with E-state index in [0.29, 0.717) is 24.3 Å². The zero-order valence-corrected chi connectivity index (χ0v) is 21.8. The van der Waals surface area contributed by atoms with E-state index in [0.717, 1.165) is 16.9 Å². The Bertz CT molecular complexity index is 1250. The Morgan fingerprint density at radius 1 is 0.868 bits per heavy atom. The number of rotatable bonds is 7. The van der Waals surface area contributed by atoms with E-state index in [-0.39, 0.29) is 11.8 Å². The maximum Gasteiger partial charge on any atom is 0.262 e. The van der Waals surface area contributed by atoms with Crippen LogP contribution in [0, 0.1) is 0 Å². The fourth-order valence-corrected chi connectivity index (χ4v) is 6.37. The number of fused-ring (bicyclic) bond motifs is 2. The minimum atomic E-state index is -0.688. The smallest absolute Gasteiger partial charge is 0.262 e. The van der Waals surface area contributed by atoms with Crippen molar-refractivity contribution in [2.24, 2.45) is 0 Å². The number of carbonyl (C=O) groups is 2. The fraction of sp³-hybridized carbons (Fsp3) is 0.333. The number of hydrogen-bond acceptors (Lipinski definition) is 7. The minimum absolute atomic E-state index is 0.304. The molecule has 0 radical (unpaired) electrons. The maximum atomic E-state index is 13.6. The third kappa shape index (κ3) is 4.67. The molecular formula is C30H29NO6S. The monoisotopic (exact) mass is 531 g/mol. The number of amides is 2. The molecule has 0 aliphatic carbocycles. The van der Waals surface area contributed by atoms with Crippen LogP contribution in [0.5, 0.6) is 0 Å². The molecule has 2 amide bonds. The third-order valence-corrected chi connectivity index (χ3v) is 8.17. The molecule has 1 unspecified atom stereocenters. The molecule has 3 aromatic rings. The van der Waals surface area contributed by atoms with Crippen molar-refractivity contribution in [1.82, 2.24) is 4.90 Å². The molecule has 196 valence electrons. The highest BCUT2D eigenvalue weighted by atomic mass is 32.2. The van der Waals surface area contributed by atoms with E-state index in [2.05, 4.69) is 0 Å². The molecule has 38 heavy (non-hydrogen) atoms. The summed E-state index contributed by atoms with van der Waals surface area (Å²) in [5, 5.41) is 0. The average molecular weight is 532 g/mol. The quantitative estimate of drug-likeness (QED) is 0.405. The van der Waals surface area contributed by atoms with Gasteiger partial charge in [-0.2, -0.15) is 0 Å². The summed E-state index contributed by atoms with van der Waals surface area (Å²) < 4.78 is 25.7. The Hall–Kier alpha value is -3.01. The van der Waals surface area contributed by atoms with Gasteiger partial charge in [-0.25, -0.2) is 0 Å². The van der Waals surface area contributed by atoms with Gasteiger partial charge in [0.25, 0.3) is 11.8 Å². The van der Waals surface area contributed by atoms with Crippen molar-refractivity contribution in [3.63, 3.8) is 0 Å². The predicted octanol–water partition coefficient (Wildman–Crippen LogP) is 4.83. The van der Waals surface area contributed by atoms with E-state index in [4.69, 9.17) is 18.9 Å². The first-order chi connectivity index (χ1) is 18.7. The van der Waals surface area contributed by atoms with E-state index in [1.165, 1.54) is 4.90 Å². The Labute approximate surface area is 226 Å². The molecule has 3 aromatic carbocycles. The lowest BCUT2D eigenvalue weighted by Gasteiger charge is -2.51. The summed E-state index contributed by atoms with van der Waals surface area (Å²) in [6, 6.07) is 25.8. The van der Waals surface area contributed by atoms with Crippen LogP contribution < -0.4 is 0 Å². The molecule has 8 heteroatoms. The Balaban J connectivity index is 1.37. The number of thioether (sulfide) groups is 1. The second-order valence-electron chi connectivity index (χ2n) is 9.45. The molecule has 7 nitrogen and oxygen atoms in total. The van der Waals surface area contributed by atoms with Gasteiger partial charge in [0.15, 0.2) is 6.29 Å². The first-order valence-corrected chi connectivity index (χ1v) is 13.9. The number of carbonyl (C=O) groups excluding carboxylic acids is 2. The molecule has 0 aromatic heterocycles. The maximum absolute atomic E-state index is 13.6. The molecule has 2 fully saturated rings. The zero-order valence-electron chi connectivity index (χ0n) is 21.0. The lowest BCUT2D eigenvalue weighted by molar-refractivity contribution is -0.316. The molecule has 3 aliphatic heterocycles. The molecule has 6 rings (SSSR count). The standard InChI is InChI=1S/C30H29NO6S/c1-2-38-30-24(31-27(32)21-15-9-10-16-22(21)28(31)33)26(34-17-19-11-5-3-6-12-19)25-23(36-30)18-35-29(37-25)20-13-7-4-8-14-20/h3-16,23-26,29-30H,2,17-18H2,1H3/t23-,24-,25-,26-,29?,30+/m1/s1. The van der Waals surface area contributed by atoms with Gasteiger partial charge in [-0.15, -0.1) is 11.8 Å². The molecule has 0 spiro atoms. The van der Waals surface area contributed by atoms with Gasteiger partial charge in [0.05, 0.1) is 24.3 Å². The Morgan fingerprint density at radius 2 is 1.50 bits per heavy atom. The van der Waals surface area contributed by atoms with Crippen molar-refractivity contribution in [1.29, 1.82) is 0 Å². The van der Waals surface area contributed by atoms with Gasteiger partial charge in [-0.1, -0.05) is 79.7 Å². The number of imide groups is 1. The summed E-state index contributed by atoms with van der Waals surface area (Å²) in [5.74, 6) is 0.0697. The topological polar surface area (TPSA) is 74.3 Å². The number of benzene rings is 3. The molecular weight excluding hydrogens is 502 g/mol.